The SMILES string of the molecule is Cc1ccc2c(c1)C1C[N+](C)(CC(C)C)CCC1N2C(=O)c1ccccc1Cl. The lowest BCUT2D eigenvalue weighted by Gasteiger charge is -2.45. The van der Waals surface area contributed by atoms with Gasteiger partial charge in [-0.05, 0) is 30.7 Å². The van der Waals surface area contributed by atoms with Gasteiger partial charge in [0.05, 0.1) is 49.2 Å². The molecule has 2 heterocycles. The van der Waals surface area contributed by atoms with E-state index < -0.39 is 0 Å². The highest BCUT2D eigenvalue weighted by Crippen LogP contribution is 2.47. The van der Waals surface area contributed by atoms with Crippen molar-refractivity contribution in [1.82, 2.24) is 0 Å². The number of hydrogen-bond donors (Lipinski definition) is 0. The molecule has 3 unspecified atom stereocenters. The largest absolute Gasteiger partial charge is 0.325 e. The standard InChI is InChI=1S/C24H30ClN2O/c1-16(2)14-27(4)12-11-23-20(15-27)19-13-17(3)9-10-22(19)26(23)24(28)18-7-5-6-8-21(18)25/h5-10,13,16,20,23H,11-12,14-15H2,1-4H3/q+1. The lowest BCUT2D eigenvalue weighted by molar-refractivity contribution is -0.918. The fourth-order valence-corrected chi connectivity index (χ4v) is 5.60. The fraction of sp³-hybridized carbons (Fsp3) is 0.458. The van der Waals surface area contributed by atoms with E-state index in [9.17, 15) is 4.79 Å². The molecular formula is C24H30ClN2O+. The Morgan fingerprint density at radius 3 is 2.71 bits per heavy atom. The number of likely N-dealkylation sites (tertiary alicyclic amines) is 1. The number of likely N-dealkylation sites (N-methyl/N-ethyl adjacent to an activating group) is 1. The lowest BCUT2D eigenvalue weighted by atomic mass is 9.86. The number of amides is 1. The van der Waals surface area contributed by atoms with Crippen molar-refractivity contribution < 1.29 is 9.28 Å². The van der Waals surface area contributed by atoms with Crippen LogP contribution in [0.5, 0.6) is 0 Å². The summed E-state index contributed by atoms with van der Waals surface area (Å²) in [6.07, 6.45) is 1.03. The molecule has 0 radical (unpaired) electrons. The van der Waals surface area contributed by atoms with Crippen molar-refractivity contribution in [2.75, 3.05) is 31.6 Å². The van der Waals surface area contributed by atoms with Crippen LogP contribution in [0.4, 0.5) is 5.69 Å². The molecule has 4 heteroatoms. The molecule has 2 aliphatic heterocycles. The van der Waals surface area contributed by atoms with Crippen molar-refractivity contribution in [2.24, 2.45) is 5.92 Å². The third-order valence-corrected chi connectivity index (χ3v) is 6.70. The van der Waals surface area contributed by atoms with Crippen LogP contribution in [0.25, 0.3) is 0 Å². The Kier molecular flexibility index (Phi) is 5.01. The van der Waals surface area contributed by atoms with Crippen LogP contribution in [0.3, 0.4) is 0 Å². The van der Waals surface area contributed by atoms with Crippen LogP contribution in [0.1, 0.15) is 47.7 Å². The second-order valence-corrected chi connectivity index (χ2v) is 9.69. The van der Waals surface area contributed by atoms with Gasteiger partial charge >= 0.3 is 0 Å². The zero-order chi connectivity index (χ0) is 20.1. The third-order valence-electron chi connectivity index (χ3n) is 6.37. The highest BCUT2D eigenvalue weighted by atomic mass is 35.5. The third kappa shape index (κ3) is 3.35. The molecule has 2 aromatic rings. The molecule has 4 rings (SSSR count). The van der Waals surface area contributed by atoms with Crippen LogP contribution in [0.2, 0.25) is 5.02 Å². The van der Waals surface area contributed by atoms with Crippen molar-refractivity contribution in [3.05, 3.63) is 64.2 Å². The quantitative estimate of drug-likeness (QED) is 0.646. The molecule has 3 nitrogen and oxygen atoms in total. The maximum absolute atomic E-state index is 13.5. The lowest BCUT2D eigenvalue weighted by Crippen LogP contribution is -2.57. The van der Waals surface area contributed by atoms with Crippen LogP contribution in [0.15, 0.2) is 42.5 Å². The van der Waals surface area contributed by atoms with Crippen LogP contribution >= 0.6 is 11.6 Å². The molecule has 3 atom stereocenters. The van der Waals surface area contributed by atoms with E-state index in [-0.39, 0.29) is 11.9 Å². The maximum Gasteiger partial charge on any atom is 0.260 e. The number of rotatable bonds is 3. The summed E-state index contributed by atoms with van der Waals surface area (Å²) < 4.78 is 1.08. The summed E-state index contributed by atoms with van der Waals surface area (Å²) in [6, 6.07) is 14.2. The Morgan fingerprint density at radius 2 is 2.00 bits per heavy atom. The monoisotopic (exact) mass is 397 g/mol. The average molecular weight is 398 g/mol. The van der Waals surface area contributed by atoms with Crippen molar-refractivity contribution in [1.29, 1.82) is 0 Å². The number of piperidine rings is 1. The molecule has 2 aromatic carbocycles. The van der Waals surface area contributed by atoms with Crippen molar-refractivity contribution in [2.45, 2.75) is 39.2 Å². The Morgan fingerprint density at radius 1 is 1.25 bits per heavy atom. The Labute approximate surface area is 173 Å². The summed E-state index contributed by atoms with van der Waals surface area (Å²) in [5.41, 5.74) is 4.26. The van der Waals surface area contributed by atoms with Gasteiger partial charge in [-0.25, -0.2) is 0 Å². The minimum Gasteiger partial charge on any atom is -0.325 e. The van der Waals surface area contributed by atoms with Gasteiger partial charge in [0.15, 0.2) is 0 Å². The second-order valence-electron chi connectivity index (χ2n) is 9.28. The first-order valence-electron chi connectivity index (χ1n) is 10.3. The van der Waals surface area contributed by atoms with Gasteiger partial charge in [-0.1, -0.05) is 55.3 Å². The number of benzene rings is 2. The number of carbonyl (C=O) groups excluding carboxylic acids is 1. The van der Waals surface area contributed by atoms with Crippen molar-refractivity contribution >= 4 is 23.2 Å². The van der Waals surface area contributed by atoms with Crippen molar-refractivity contribution in [3.63, 3.8) is 0 Å². The van der Waals surface area contributed by atoms with E-state index in [1.54, 1.807) is 6.07 Å². The minimum absolute atomic E-state index is 0.0307. The molecule has 0 bridgehead atoms. The van der Waals surface area contributed by atoms with Gasteiger partial charge in [0.1, 0.15) is 0 Å². The van der Waals surface area contributed by atoms with Crippen LogP contribution in [-0.4, -0.2) is 43.1 Å². The summed E-state index contributed by atoms with van der Waals surface area (Å²) >= 11 is 6.38. The molecule has 0 saturated carbocycles. The first-order valence-corrected chi connectivity index (χ1v) is 10.7. The number of nitrogens with zero attached hydrogens (tertiary/aromatic N) is 2. The Hall–Kier alpha value is -1.84. The van der Waals surface area contributed by atoms with E-state index in [2.05, 4.69) is 46.0 Å². The van der Waals surface area contributed by atoms with E-state index in [4.69, 9.17) is 11.6 Å². The number of halogens is 1. The molecular weight excluding hydrogens is 368 g/mol. The number of anilines is 1. The molecule has 2 aliphatic rings. The number of aryl methyl sites for hydroxylation is 1. The normalized spacial score (nSPS) is 26.3. The van der Waals surface area contributed by atoms with Crippen LogP contribution in [-0.2, 0) is 0 Å². The number of hydrogen-bond acceptors (Lipinski definition) is 1. The van der Waals surface area contributed by atoms with E-state index in [1.807, 2.05) is 23.1 Å². The van der Waals surface area contributed by atoms with Gasteiger partial charge in [0, 0.05) is 18.0 Å². The molecule has 1 amide bonds. The fourth-order valence-electron chi connectivity index (χ4n) is 5.39. The number of fused-ring (bicyclic) bond motifs is 3. The topological polar surface area (TPSA) is 20.3 Å². The van der Waals surface area contributed by atoms with Crippen molar-refractivity contribution in [3.8, 4) is 0 Å². The average Bonchev–Trinajstić information content (AvgIpc) is 2.93. The molecule has 0 aromatic heterocycles. The predicted octanol–water partition coefficient (Wildman–Crippen LogP) is 5.27. The summed E-state index contributed by atoms with van der Waals surface area (Å²) in [4.78, 5) is 15.6. The highest BCUT2D eigenvalue weighted by molar-refractivity contribution is 6.34. The van der Waals surface area contributed by atoms with E-state index in [1.165, 1.54) is 17.7 Å². The Bertz CT molecular complexity index is 909. The van der Waals surface area contributed by atoms with Gasteiger partial charge in [-0.3, -0.25) is 4.79 Å². The predicted molar refractivity (Wildman–Crippen MR) is 116 cm³/mol. The summed E-state index contributed by atoms with van der Waals surface area (Å²) in [6.45, 7) is 10.1. The van der Waals surface area contributed by atoms with E-state index >= 15 is 0 Å². The molecule has 1 saturated heterocycles. The van der Waals surface area contributed by atoms with Gasteiger partial charge < -0.3 is 9.38 Å². The number of quaternary nitrogens is 1. The molecule has 0 spiro atoms. The summed E-state index contributed by atoms with van der Waals surface area (Å²) in [7, 11) is 2.38. The molecule has 0 N–H and O–H groups in total. The first kappa shape index (κ1) is 19.5. The zero-order valence-corrected chi connectivity index (χ0v) is 18.0. The Balaban J connectivity index is 1.74. The molecule has 28 heavy (non-hydrogen) atoms. The second kappa shape index (κ2) is 7.20. The molecule has 1 fully saturated rings. The van der Waals surface area contributed by atoms with E-state index in [0.29, 0.717) is 22.4 Å². The van der Waals surface area contributed by atoms with Gasteiger partial charge in [0.25, 0.3) is 5.91 Å². The molecule has 0 aliphatic carbocycles. The van der Waals surface area contributed by atoms with Crippen LogP contribution in [0, 0.1) is 12.8 Å². The first-order chi connectivity index (χ1) is 13.3. The number of carbonyl (C=O) groups is 1. The summed E-state index contributed by atoms with van der Waals surface area (Å²) in [5.74, 6) is 1.09. The van der Waals surface area contributed by atoms with Gasteiger partial charge in [-0.15, -0.1) is 0 Å². The van der Waals surface area contributed by atoms with Gasteiger partial charge in [-0.2, -0.15) is 0 Å². The molecule has 148 valence electrons. The summed E-state index contributed by atoms with van der Waals surface area (Å²) in [5, 5.41) is 0.529. The van der Waals surface area contributed by atoms with Crippen LogP contribution < -0.4 is 4.90 Å². The zero-order valence-electron chi connectivity index (χ0n) is 17.3. The minimum atomic E-state index is 0.0307. The smallest absolute Gasteiger partial charge is 0.260 e. The maximum atomic E-state index is 13.5. The van der Waals surface area contributed by atoms with Gasteiger partial charge in [0.2, 0.25) is 0 Å². The van der Waals surface area contributed by atoms with E-state index in [0.717, 1.165) is 29.7 Å². The highest BCUT2D eigenvalue weighted by Gasteiger charge is 2.49.